The molecule has 10 heteroatoms. The van der Waals surface area contributed by atoms with Gasteiger partial charge in [-0.3, -0.25) is 4.79 Å². The van der Waals surface area contributed by atoms with Crippen molar-refractivity contribution in [1.29, 1.82) is 0 Å². The van der Waals surface area contributed by atoms with Crippen molar-refractivity contribution in [2.24, 2.45) is 10.7 Å². The fraction of sp³-hybridized carbons (Fsp3) is 0.188. The SMILES string of the molecule is NC(=Nc1ccc2c(c1)OCCO2)SCc1nc2ccsc2c(=O)[nH]1.[Cl-]. The Bertz CT molecular complexity index is 1020. The average molecular weight is 410 g/mol. The lowest BCUT2D eigenvalue weighted by Gasteiger charge is -2.18. The quantitative estimate of drug-likeness (QED) is 0.452. The number of thiophene rings is 1. The van der Waals surface area contributed by atoms with Gasteiger partial charge in [0, 0.05) is 6.07 Å². The van der Waals surface area contributed by atoms with Crippen LogP contribution in [0.5, 0.6) is 11.5 Å². The number of fused-ring (bicyclic) bond motifs is 2. The van der Waals surface area contributed by atoms with E-state index in [1.807, 2.05) is 23.6 Å². The summed E-state index contributed by atoms with van der Waals surface area (Å²) in [5, 5.41) is 2.23. The van der Waals surface area contributed by atoms with E-state index < -0.39 is 0 Å². The first-order chi connectivity index (χ1) is 12.2. The molecule has 136 valence electrons. The molecule has 0 saturated carbocycles. The highest BCUT2D eigenvalue weighted by Crippen LogP contribution is 2.33. The maximum Gasteiger partial charge on any atom is 0.268 e. The number of rotatable bonds is 3. The smallest absolute Gasteiger partial charge is 0.268 e. The zero-order valence-corrected chi connectivity index (χ0v) is 15.8. The maximum absolute atomic E-state index is 12.0. The number of hydrogen-bond acceptors (Lipinski definition) is 7. The number of aromatic amines is 1. The number of H-pyrrole nitrogens is 1. The third kappa shape index (κ3) is 3.95. The number of nitrogens with two attached hydrogens (primary N) is 1. The van der Waals surface area contributed by atoms with Gasteiger partial charge in [-0.2, -0.15) is 0 Å². The Morgan fingerprint density at radius 2 is 2.12 bits per heavy atom. The summed E-state index contributed by atoms with van der Waals surface area (Å²) < 4.78 is 11.6. The molecule has 0 spiro atoms. The largest absolute Gasteiger partial charge is 1.00 e. The molecule has 2 aromatic heterocycles. The summed E-state index contributed by atoms with van der Waals surface area (Å²) in [6.45, 7) is 1.07. The van der Waals surface area contributed by atoms with Crippen molar-refractivity contribution in [1.82, 2.24) is 9.97 Å². The van der Waals surface area contributed by atoms with Crippen LogP contribution in [0, 0.1) is 0 Å². The number of thioether (sulfide) groups is 1. The molecule has 3 heterocycles. The predicted molar refractivity (Wildman–Crippen MR) is 100 cm³/mol. The molecule has 0 unspecified atom stereocenters. The van der Waals surface area contributed by atoms with E-state index in [-0.39, 0.29) is 18.0 Å². The van der Waals surface area contributed by atoms with Gasteiger partial charge in [0.05, 0.1) is 17.0 Å². The number of ether oxygens (including phenoxy) is 2. The van der Waals surface area contributed by atoms with Crippen LogP contribution in [-0.4, -0.2) is 28.3 Å². The molecule has 7 nitrogen and oxygen atoms in total. The topological polar surface area (TPSA) is 103 Å². The first kappa shape index (κ1) is 18.6. The van der Waals surface area contributed by atoms with Gasteiger partial charge in [-0.15, -0.1) is 11.3 Å². The highest BCUT2D eigenvalue weighted by atomic mass is 35.5. The van der Waals surface area contributed by atoms with E-state index >= 15 is 0 Å². The lowest BCUT2D eigenvalue weighted by molar-refractivity contribution is -0.00000582. The molecule has 0 radical (unpaired) electrons. The van der Waals surface area contributed by atoms with E-state index in [0.29, 0.717) is 57.4 Å². The molecular weight excluding hydrogens is 396 g/mol. The van der Waals surface area contributed by atoms with Gasteiger partial charge in [0.2, 0.25) is 0 Å². The monoisotopic (exact) mass is 409 g/mol. The van der Waals surface area contributed by atoms with Crippen LogP contribution in [-0.2, 0) is 5.75 Å². The van der Waals surface area contributed by atoms with Crippen molar-refractivity contribution in [3.63, 3.8) is 0 Å². The minimum absolute atomic E-state index is 0. The highest BCUT2D eigenvalue weighted by molar-refractivity contribution is 8.13. The zero-order chi connectivity index (χ0) is 17.2. The summed E-state index contributed by atoms with van der Waals surface area (Å²) in [7, 11) is 0. The minimum atomic E-state index is -0.127. The molecule has 3 aromatic rings. The number of aromatic nitrogens is 2. The summed E-state index contributed by atoms with van der Waals surface area (Å²) in [6.07, 6.45) is 0. The van der Waals surface area contributed by atoms with Gasteiger partial charge in [0.15, 0.2) is 16.7 Å². The van der Waals surface area contributed by atoms with Crippen molar-refractivity contribution in [2.75, 3.05) is 13.2 Å². The number of halogens is 1. The molecule has 0 amide bonds. The Morgan fingerprint density at radius 3 is 2.96 bits per heavy atom. The fourth-order valence-corrected chi connectivity index (χ4v) is 3.71. The van der Waals surface area contributed by atoms with Crippen LogP contribution in [0.3, 0.4) is 0 Å². The standard InChI is InChI=1S/C16H14N4O3S2.ClH/c17-16(18-9-1-2-11-12(7-9)23-5-4-22-11)25-8-13-19-10-3-6-24-14(10)15(21)20-13;/h1-3,6-7H,4-5,8H2,(H2,17,18)(H,19,20,21);1H/p-1. The van der Waals surface area contributed by atoms with Gasteiger partial charge >= 0.3 is 0 Å². The van der Waals surface area contributed by atoms with Crippen molar-refractivity contribution in [3.8, 4) is 11.5 Å². The van der Waals surface area contributed by atoms with Gasteiger partial charge < -0.3 is 32.6 Å². The lowest BCUT2D eigenvalue weighted by atomic mass is 10.2. The first-order valence-corrected chi connectivity index (χ1v) is 9.38. The Labute approximate surface area is 163 Å². The van der Waals surface area contributed by atoms with Crippen LogP contribution in [0.2, 0.25) is 0 Å². The van der Waals surface area contributed by atoms with Crippen molar-refractivity contribution < 1.29 is 21.9 Å². The minimum Gasteiger partial charge on any atom is -1.00 e. The summed E-state index contributed by atoms with van der Waals surface area (Å²) in [6, 6.07) is 7.25. The molecular formula is C16H14ClN4O3S2-. The normalized spacial score (nSPS) is 13.5. The molecule has 0 aliphatic carbocycles. The summed E-state index contributed by atoms with van der Waals surface area (Å²) in [5.41, 5.74) is 7.24. The molecule has 1 aliphatic heterocycles. The average Bonchev–Trinajstić information content (AvgIpc) is 3.09. The van der Waals surface area contributed by atoms with E-state index in [9.17, 15) is 4.79 Å². The third-order valence-corrected chi connectivity index (χ3v) is 5.19. The van der Waals surface area contributed by atoms with Gasteiger partial charge in [-0.1, -0.05) is 11.8 Å². The second kappa shape index (κ2) is 7.98. The number of amidine groups is 1. The highest BCUT2D eigenvalue weighted by Gasteiger charge is 2.12. The van der Waals surface area contributed by atoms with Crippen LogP contribution in [0.15, 0.2) is 39.4 Å². The van der Waals surface area contributed by atoms with E-state index in [2.05, 4.69) is 15.0 Å². The van der Waals surface area contributed by atoms with E-state index in [0.717, 1.165) is 0 Å². The van der Waals surface area contributed by atoms with Crippen molar-refractivity contribution in [2.45, 2.75) is 5.75 Å². The number of benzene rings is 1. The third-order valence-electron chi connectivity index (χ3n) is 3.49. The van der Waals surface area contributed by atoms with E-state index in [4.69, 9.17) is 15.2 Å². The number of nitrogens with zero attached hydrogens (tertiary/aromatic N) is 2. The number of aliphatic imine (C=N–C) groups is 1. The van der Waals surface area contributed by atoms with Gasteiger partial charge in [0.25, 0.3) is 5.56 Å². The zero-order valence-electron chi connectivity index (χ0n) is 13.4. The summed E-state index contributed by atoms with van der Waals surface area (Å²) in [5.74, 6) is 2.38. The van der Waals surface area contributed by atoms with Crippen molar-refractivity contribution in [3.05, 3.63) is 45.8 Å². The van der Waals surface area contributed by atoms with Crippen LogP contribution in [0.4, 0.5) is 5.69 Å². The summed E-state index contributed by atoms with van der Waals surface area (Å²) >= 11 is 2.68. The Hall–Kier alpha value is -2.23. The molecule has 3 N–H and O–H groups in total. The molecule has 1 aromatic carbocycles. The summed E-state index contributed by atoms with van der Waals surface area (Å²) in [4.78, 5) is 23.5. The van der Waals surface area contributed by atoms with E-state index in [1.54, 1.807) is 6.07 Å². The molecule has 4 rings (SSSR count). The van der Waals surface area contributed by atoms with Gasteiger partial charge in [-0.05, 0) is 23.6 Å². The Kier molecular flexibility index (Phi) is 5.70. The Balaban J connectivity index is 0.00000196. The Morgan fingerprint density at radius 1 is 1.31 bits per heavy atom. The molecule has 1 aliphatic rings. The number of hydrogen-bond donors (Lipinski definition) is 2. The second-order valence-corrected chi connectivity index (χ2v) is 7.13. The maximum atomic E-state index is 12.0. The van der Waals surface area contributed by atoms with Crippen LogP contribution >= 0.6 is 23.1 Å². The number of nitrogens with one attached hydrogen (secondary N) is 1. The molecule has 0 fully saturated rings. The molecule has 0 atom stereocenters. The first-order valence-electron chi connectivity index (χ1n) is 7.52. The fourth-order valence-electron chi connectivity index (χ4n) is 2.39. The molecule has 0 saturated heterocycles. The lowest BCUT2D eigenvalue weighted by Crippen LogP contribution is -3.00. The van der Waals surface area contributed by atoms with E-state index in [1.165, 1.54) is 23.1 Å². The molecule has 0 bridgehead atoms. The van der Waals surface area contributed by atoms with Crippen molar-refractivity contribution >= 4 is 44.2 Å². The van der Waals surface area contributed by atoms with Gasteiger partial charge in [-0.25, -0.2) is 9.98 Å². The second-order valence-electron chi connectivity index (χ2n) is 5.21. The van der Waals surface area contributed by atoms with Crippen LogP contribution in [0.1, 0.15) is 5.82 Å². The predicted octanol–water partition coefficient (Wildman–Crippen LogP) is -0.361. The molecule has 26 heavy (non-hydrogen) atoms. The van der Waals surface area contributed by atoms with Crippen LogP contribution < -0.4 is 33.2 Å². The van der Waals surface area contributed by atoms with Crippen LogP contribution in [0.25, 0.3) is 10.2 Å². The van der Waals surface area contributed by atoms with Gasteiger partial charge in [0.1, 0.15) is 23.7 Å².